The van der Waals surface area contributed by atoms with Crippen LogP contribution in [0.25, 0.3) is 0 Å². The maximum Gasteiger partial charge on any atom is 0.178 e. The Bertz CT molecular complexity index is 275. The van der Waals surface area contributed by atoms with Gasteiger partial charge in [-0.3, -0.25) is 0 Å². The number of hydrogen-bond acceptors (Lipinski definition) is 3. The van der Waals surface area contributed by atoms with Gasteiger partial charge in [-0.2, -0.15) is 0 Å². The van der Waals surface area contributed by atoms with Gasteiger partial charge in [0.15, 0.2) is 11.6 Å². The molecule has 0 saturated heterocycles. The van der Waals surface area contributed by atoms with Crippen LogP contribution in [0.5, 0.6) is 11.5 Å². The molecule has 0 aliphatic carbocycles. The largest absolute Gasteiger partial charge is 0.503 e. The highest BCUT2D eigenvalue weighted by atomic mass is 19.1. The fraction of sp³-hybridized carbons (Fsp3) is 0.143. The van der Waals surface area contributed by atoms with Gasteiger partial charge < -0.3 is 15.6 Å². The molecule has 60 valence electrons. The maximum atomic E-state index is 12.5. The molecule has 0 unspecified atom stereocenters. The molecule has 0 atom stereocenters. The van der Waals surface area contributed by atoms with Crippen LogP contribution in [0.1, 0.15) is 0 Å². The zero-order chi connectivity index (χ0) is 8.43. The number of rotatable bonds is 1. The van der Waals surface area contributed by atoms with Gasteiger partial charge >= 0.3 is 0 Å². The molecule has 3 nitrogen and oxygen atoms in total. The van der Waals surface area contributed by atoms with Crippen molar-refractivity contribution in [2.45, 2.75) is 0 Å². The molecular formula is C7H8FNO2. The van der Waals surface area contributed by atoms with Crippen LogP contribution in [0.4, 0.5) is 10.1 Å². The van der Waals surface area contributed by atoms with Crippen molar-refractivity contribution in [3.05, 3.63) is 17.9 Å². The molecule has 0 spiro atoms. The Morgan fingerprint density at radius 3 is 2.73 bits per heavy atom. The quantitative estimate of drug-likeness (QED) is 0.474. The normalized spacial score (nSPS) is 9.64. The van der Waals surface area contributed by atoms with Gasteiger partial charge in [0.2, 0.25) is 0 Å². The molecule has 0 amide bonds. The Kier molecular flexibility index (Phi) is 1.85. The van der Waals surface area contributed by atoms with E-state index in [1.165, 1.54) is 13.2 Å². The lowest BCUT2D eigenvalue weighted by molar-refractivity contribution is 0.401. The van der Waals surface area contributed by atoms with Crippen molar-refractivity contribution >= 4 is 5.69 Å². The van der Waals surface area contributed by atoms with Gasteiger partial charge in [0.1, 0.15) is 11.4 Å². The van der Waals surface area contributed by atoms with E-state index in [1.54, 1.807) is 0 Å². The van der Waals surface area contributed by atoms with Gasteiger partial charge in [0.25, 0.3) is 0 Å². The standard InChI is InChI=1S/C7H8FNO2/c1-11-5-3-2-4(8)7(10)6(5)9/h2-3,10H,9H2,1H3. The van der Waals surface area contributed by atoms with Crippen molar-refractivity contribution < 1.29 is 14.2 Å². The van der Waals surface area contributed by atoms with E-state index in [2.05, 4.69) is 0 Å². The molecule has 4 heteroatoms. The van der Waals surface area contributed by atoms with Crippen molar-refractivity contribution in [3.63, 3.8) is 0 Å². The summed E-state index contributed by atoms with van der Waals surface area (Å²) in [4.78, 5) is 0. The predicted molar refractivity (Wildman–Crippen MR) is 39.0 cm³/mol. The zero-order valence-electron chi connectivity index (χ0n) is 5.97. The van der Waals surface area contributed by atoms with E-state index in [0.717, 1.165) is 6.07 Å². The Labute approximate surface area is 63.2 Å². The fourth-order valence-electron chi connectivity index (χ4n) is 0.741. The lowest BCUT2D eigenvalue weighted by Gasteiger charge is -2.05. The average Bonchev–Trinajstić information content (AvgIpc) is 2.01. The van der Waals surface area contributed by atoms with Gasteiger partial charge in [-0.1, -0.05) is 0 Å². The van der Waals surface area contributed by atoms with Crippen molar-refractivity contribution in [2.24, 2.45) is 0 Å². The number of nitrogens with two attached hydrogens (primary N) is 1. The third-order valence-corrected chi connectivity index (χ3v) is 1.35. The lowest BCUT2D eigenvalue weighted by atomic mass is 10.2. The monoisotopic (exact) mass is 157 g/mol. The number of halogens is 1. The Hall–Kier alpha value is -1.45. The van der Waals surface area contributed by atoms with Crippen molar-refractivity contribution in [1.29, 1.82) is 0 Å². The molecule has 1 aromatic carbocycles. The number of hydrogen-bond donors (Lipinski definition) is 2. The smallest absolute Gasteiger partial charge is 0.178 e. The second kappa shape index (κ2) is 2.65. The SMILES string of the molecule is COc1ccc(F)c(O)c1N. The first-order valence-electron chi connectivity index (χ1n) is 2.97. The van der Waals surface area contributed by atoms with Crippen LogP contribution in [-0.4, -0.2) is 12.2 Å². The highest BCUT2D eigenvalue weighted by molar-refractivity contribution is 5.62. The number of phenolic OH excluding ortho intramolecular Hbond substituents is 1. The second-order valence-corrected chi connectivity index (χ2v) is 2.01. The summed E-state index contributed by atoms with van der Waals surface area (Å²) in [6, 6.07) is 2.44. The van der Waals surface area contributed by atoms with Crippen LogP contribution in [0, 0.1) is 5.82 Å². The second-order valence-electron chi connectivity index (χ2n) is 2.01. The van der Waals surface area contributed by atoms with E-state index in [1.807, 2.05) is 0 Å². The van der Waals surface area contributed by atoms with Crippen LogP contribution >= 0.6 is 0 Å². The summed E-state index contributed by atoms with van der Waals surface area (Å²) < 4.78 is 17.2. The van der Waals surface area contributed by atoms with E-state index < -0.39 is 11.6 Å². The zero-order valence-corrected chi connectivity index (χ0v) is 5.97. The van der Waals surface area contributed by atoms with Gasteiger partial charge in [-0.05, 0) is 12.1 Å². The third-order valence-electron chi connectivity index (χ3n) is 1.35. The van der Waals surface area contributed by atoms with Gasteiger partial charge in [-0.15, -0.1) is 0 Å². The summed E-state index contributed by atoms with van der Waals surface area (Å²) in [6.45, 7) is 0. The molecule has 3 N–H and O–H groups in total. The van der Waals surface area contributed by atoms with E-state index in [4.69, 9.17) is 15.6 Å². The number of aromatic hydroxyl groups is 1. The van der Waals surface area contributed by atoms with Crippen molar-refractivity contribution in [3.8, 4) is 11.5 Å². The Morgan fingerprint density at radius 2 is 2.18 bits per heavy atom. The Morgan fingerprint density at radius 1 is 1.55 bits per heavy atom. The number of methoxy groups -OCH3 is 1. The van der Waals surface area contributed by atoms with E-state index >= 15 is 0 Å². The van der Waals surface area contributed by atoms with Gasteiger partial charge in [0.05, 0.1) is 7.11 Å². The van der Waals surface area contributed by atoms with Crippen LogP contribution in [0.2, 0.25) is 0 Å². The molecule has 0 bridgehead atoms. The van der Waals surface area contributed by atoms with Crippen LogP contribution in [0.3, 0.4) is 0 Å². The van der Waals surface area contributed by atoms with E-state index in [9.17, 15) is 4.39 Å². The first kappa shape index (κ1) is 7.65. The molecule has 11 heavy (non-hydrogen) atoms. The van der Waals surface area contributed by atoms with E-state index in [0.29, 0.717) is 0 Å². The summed E-state index contributed by atoms with van der Waals surface area (Å²) in [5.41, 5.74) is 5.20. The highest BCUT2D eigenvalue weighted by Crippen LogP contribution is 2.32. The molecule has 1 rings (SSSR count). The molecule has 0 aromatic heterocycles. The summed E-state index contributed by atoms with van der Waals surface area (Å²) in [5, 5.41) is 8.94. The topological polar surface area (TPSA) is 55.5 Å². The maximum absolute atomic E-state index is 12.5. The molecule has 0 aliphatic heterocycles. The van der Waals surface area contributed by atoms with Gasteiger partial charge in [0, 0.05) is 0 Å². The minimum absolute atomic E-state index is 0.0764. The molecule has 1 aromatic rings. The molecular weight excluding hydrogens is 149 g/mol. The number of phenols is 1. The molecule has 0 heterocycles. The lowest BCUT2D eigenvalue weighted by Crippen LogP contribution is -1.93. The summed E-state index contributed by atoms with van der Waals surface area (Å²) in [5.74, 6) is -1.04. The van der Waals surface area contributed by atoms with Crippen LogP contribution in [-0.2, 0) is 0 Å². The van der Waals surface area contributed by atoms with Crippen molar-refractivity contribution in [1.82, 2.24) is 0 Å². The first-order valence-corrected chi connectivity index (χ1v) is 2.97. The number of nitrogen functional groups attached to an aromatic ring is 1. The summed E-state index contributed by atoms with van der Waals surface area (Å²) in [6.07, 6.45) is 0. The molecule has 0 radical (unpaired) electrons. The van der Waals surface area contributed by atoms with Crippen LogP contribution < -0.4 is 10.5 Å². The molecule has 0 saturated carbocycles. The molecule has 0 fully saturated rings. The summed E-state index contributed by atoms with van der Waals surface area (Å²) >= 11 is 0. The average molecular weight is 157 g/mol. The predicted octanol–water partition coefficient (Wildman–Crippen LogP) is 1.12. The van der Waals surface area contributed by atoms with Crippen LogP contribution in [0.15, 0.2) is 12.1 Å². The Balaban J connectivity index is 3.25. The highest BCUT2D eigenvalue weighted by Gasteiger charge is 2.08. The minimum atomic E-state index is -0.747. The van der Waals surface area contributed by atoms with Crippen molar-refractivity contribution in [2.75, 3.05) is 12.8 Å². The molecule has 0 aliphatic rings. The number of ether oxygens (including phenoxy) is 1. The summed E-state index contributed by atoms with van der Waals surface area (Å²) in [7, 11) is 1.39. The van der Waals surface area contributed by atoms with E-state index in [-0.39, 0.29) is 11.4 Å². The number of benzene rings is 1. The third kappa shape index (κ3) is 1.19. The number of anilines is 1. The van der Waals surface area contributed by atoms with Gasteiger partial charge in [-0.25, -0.2) is 4.39 Å². The fourth-order valence-corrected chi connectivity index (χ4v) is 0.741. The first-order chi connectivity index (χ1) is 5.16. The minimum Gasteiger partial charge on any atom is -0.503 e.